The Morgan fingerprint density at radius 2 is 1.56 bits per heavy atom. The Bertz CT molecular complexity index is 1140. The maximum absolute atomic E-state index is 12.9. The molecule has 0 aliphatic carbocycles. The predicted octanol–water partition coefficient (Wildman–Crippen LogP) is 4.47. The molecule has 0 atom stereocenters. The van der Waals surface area contributed by atoms with E-state index in [1.54, 1.807) is 11.3 Å². The first-order chi connectivity index (χ1) is 17.5. The Labute approximate surface area is 218 Å². The molecule has 0 unspecified atom stereocenters. The summed E-state index contributed by atoms with van der Waals surface area (Å²) in [4.78, 5) is 26.9. The van der Waals surface area contributed by atoms with Gasteiger partial charge in [0, 0.05) is 86.3 Å². The minimum atomic E-state index is 0.113. The largest absolute Gasteiger partial charge is 0.369 e. The smallest absolute Gasteiger partial charge is 0.253 e. The Morgan fingerprint density at radius 3 is 2.19 bits per heavy atom. The molecule has 2 aliphatic heterocycles. The zero-order valence-electron chi connectivity index (χ0n) is 21.5. The fourth-order valence-electron chi connectivity index (χ4n) is 4.81. The summed E-state index contributed by atoms with van der Waals surface area (Å²) < 4.78 is 0. The van der Waals surface area contributed by atoms with Crippen molar-refractivity contribution in [3.05, 3.63) is 59.5 Å². The Hall–Kier alpha value is -2.94. The van der Waals surface area contributed by atoms with Gasteiger partial charge in [0.25, 0.3) is 5.91 Å². The summed E-state index contributed by atoms with van der Waals surface area (Å²) in [5.74, 6) is 0.113. The van der Waals surface area contributed by atoms with Gasteiger partial charge in [-0.05, 0) is 57.3 Å². The monoisotopic (exact) mass is 504 g/mol. The van der Waals surface area contributed by atoms with Crippen molar-refractivity contribution >= 4 is 33.8 Å². The Balaban J connectivity index is 1.17. The number of aromatic nitrogens is 1. The molecule has 0 bridgehead atoms. The highest BCUT2D eigenvalue weighted by Crippen LogP contribution is 2.29. The minimum Gasteiger partial charge on any atom is -0.369 e. The van der Waals surface area contributed by atoms with Gasteiger partial charge in [-0.1, -0.05) is 12.1 Å². The number of carbonyl (C=O) groups is 1. The zero-order chi connectivity index (χ0) is 25.1. The van der Waals surface area contributed by atoms with Crippen molar-refractivity contribution in [3.8, 4) is 11.3 Å². The lowest BCUT2D eigenvalue weighted by Crippen LogP contribution is -2.50. The van der Waals surface area contributed by atoms with Crippen molar-refractivity contribution in [2.75, 3.05) is 69.6 Å². The molecule has 2 fully saturated rings. The molecule has 190 valence electrons. The molecular weight excluding hydrogens is 468 g/mol. The fourth-order valence-corrected chi connectivity index (χ4v) is 5.55. The number of rotatable bonds is 6. The lowest BCUT2D eigenvalue weighted by atomic mass is 10.1. The van der Waals surface area contributed by atoms with E-state index in [0.29, 0.717) is 6.04 Å². The van der Waals surface area contributed by atoms with Crippen molar-refractivity contribution in [1.82, 2.24) is 19.7 Å². The van der Waals surface area contributed by atoms with Crippen LogP contribution < -0.4 is 10.2 Å². The highest BCUT2D eigenvalue weighted by atomic mass is 32.1. The molecule has 8 heteroatoms. The SMILES string of the molecule is CC(C)N1CCN(C(=O)c2ccc(Nc3nc(-c4ccc(N5CCN(C)CC5)cc4)cs3)cc2)CC1. The van der Waals surface area contributed by atoms with Crippen LogP contribution in [0.5, 0.6) is 0 Å². The number of nitrogens with zero attached hydrogens (tertiary/aromatic N) is 5. The zero-order valence-corrected chi connectivity index (χ0v) is 22.3. The summed E-state index contributed by atoms with van der Waals surface area (Å²) in [6, 6.07) is 17.0. The number of likely N-dealkylation sites (N-methyl/N-ethyl adjacent to an activating group) is 1. The maximum atomic E-state index is 12.9. The van der Waals surface area contributed by atoms with E-state index in [4.69, 9.17) is 4.98 Å². The minimum absolute atomic E-state index is 0.113. The number of hydrogen-bond acceptors (Lipinski definition) is 7. The summed E-state index contributed by atoms with van der Waals surface area (Å²) in [5, 5.41) is 6.32. The average molecular weight is 505 g/mol. The van der Waals surface area contributed by atoms with Gasteiger partial charge in [-0.25, -0.2) is 4.98 Å². The van der Waals surface area contributed by atoms with Crippen molar-refractivity contribution in [2.24, 2.45) is 0 Å². The van der Waals surface area contributed by atoms with E-state index in [0.717, 1.165) is 80.0 Å². The van der Waals surface area contributed by atoms with Gasteiger partial charge in [0.1, 0.15) is 0 Å². The molecule has 1 N–H and O–H groups in total. The van der Waals surface area contributed by atoms with Crippen molar-refractivity contribution in [3.63, 3.8) is 0 Å². The third kappa shape index (κ3) is 5.72. The second kappa shape index (κ2) is 11.0. The van der Waals surface area contributed by atoms with Crippen LogP contribution in [-0.4, -0.2) is 91.0 Å². The van der Waals surface area contributed by atoms with Crippen LogP contribution in [0.15, 0.2) is 53.9 Å². The van der Waals surface area contributed by atoms with Crippen LogP contribution in [0.3, 0.4) is 0 Å². The van der Waals surface area contributed by atoms with E-state index in [1.807, 2.05) is 29.2 Å². The number of amides is 1. The van der Waals surface area contributed by atoms with Crippen LogP contribution in [0.1, 0.15) is 24.2 Å². The maximum Gasteiger partial charge on any atom is 0.253 e. The number of piperazine rings is 2. The van der Waals surface area contributed by atoms with E-state index in [9.17, 15) is 4.79 Å². The van der Waals surface area contributed by atoms with Crippen LogP contribution in [0.4, 0.5) is 16.5 Å². The van der Waals surface area contributed by atoms with Gasteiger partial charge < -0.3 is 20.0 Å². The van der Waals surface area contributed by atoms with Crippen molar-refractivity contribution in [2.45, 2.75) is 19.9 Å². The first kappa shape index (κ1) is 24.7. The summed E-state index contributed by atoms with van der Waals surface area (Å²) in [6.07, 6.45) is 0. The Kier molecular flexibility index (Phi) is 7.55. The second-order valence-electron chi connectivity index (χ2n) is 10.00. The molecule has 1 amide bonds. The van der Waals surface area contributed by atoms with Crippen LogP contribution >= 0.6 is 11.3 Å². The number of hydrogen-bond donors (Lipinski definition) is 1. The van der Waals surface area contributed by atoms with E-state index in [2.05, 4.69) is 70.6 Å². The van der Waals surface area contributed by atoms with Crippen molar-refractivity contribution < 1.29 is 4.79 Å². The average Bonchev–Trinajstić information content (AvgIpc) is 3.38. The van der Waals surface area contributed by atoms with Gasteiger partial charge in [0.05, 0.1) is 5.69 Å². The van der Waals surface area contributed by atoms with E-state index < -0.39 is 0 Å². The quantitative estimate of drug-likeness (QED) is 0.535. The molecule has 0 saturated carbocycles. The van der Waals surface area contributed by atoms with E-state index in [-0.39, 0.29) is 5.91 Å². The molecule has 0 spiro atoms. The second-order valence-corrected chi connectivity index (χ2v) is 10.9. The highest BCUT2D eigenvalue weighted by Gasteiger charge is 2.23. The summed E-state index contributed by atoms with van der Waals surface area (Å²) >= 11 is 1.59. The molecular formula is C28H36N6OS. The van der Waals surface area contributed by atoms with E-state index >= 15 is 0 Å². The van der Waals surface area contributed by atoms with Crippen LogP contribution in [0.25, 0.3) is 11.3 Å². The standard InChI is InChI=1S/C28H36N6OS/c1-21(2)32-16-18-34(19-17-32)27(35)23-4-8-24(9-5-23)29-28-30-26(20-36-28)22-6-10-25(11-7-22)33-14-12-31(3)13-15-33/h4-11,20-21H,12-19H2,1-3H3,(H,29,30). The number of anilines is 3. The van der Waals surface area contributed by atoms with Crippen LogP contribution in [0, 0.1) is 0 Å². The number of thiazole rings is 1. The van der Waals surface area contributed by atoms with Gasteiger partial charge >= 0.3 is 0 Å². The molecule has 7 nitrogen and oxygen atoms in total. The first-order valence-corrected chi connectivity index (χ1v) is 13.7. The third-order valence-electron chi connectivity index (χ3n) is 7.25. The highest BCUT2D eigenvalue weighted by molar-refractivity contribution is 7.14. The van der Waals surface area contributed by atoms with Crippen LogP contribution in [0.2, 0.25) is 0 Å². The van der Waals surface area contributed by atoms with Gasteiger partial charge in [0.2, 0.25) is 0 Å². The molecule has 2 saturated heterocycles. The van der Waals surface area contributed by atoms with Gasteiger partial charge in [-0.15, -0.1) is 11.3 Å². The molecule has 3 aromatic rings. The summed E-state index contributed by atoms with van der Waals surface area (Å²) in [7, 11) is 2.18. The third-order valence-corrected chi connectivity index (χ3v) is 8.01. The number of benzene rings is 2. The molecule has 2 aromatic carbocycles. The van der Waals surface area contributed by atoms with Crippen molar-refractivity contribution in [1.29, 1.82) is 0 Å². The summed E-state index contributed by atoms with van der Waals surface area (Å²) in [5.41, 5.74) is 5.04. The molecule has 0 radical (unpaired) electrons. The molecule has 5 rings (SSSR count). The topological polar surface area (TPSA) is 55.0 Å². The predicted molar refractivity (Wildman–Crippen MR) is 150 cm³/mol. The lowest BCUT2D eigenvalue weighted by molar-refractivity contribution is 0.0595. The van der Waals surface area contributed by atoms with E-state index in [1.165, 1.54) is 5.69 Å². The molecule has 36 heavy (non-hydrogen) atoms. The van der Waals surface area contributed by atoms with Gasteiger partial charge in [-0.3, -0.25) is 9.69 Å². The molecule has 2 aliphatic rings. The number of nitrogens with one attached hydrogen (secondary N) is 1. The fraction of sp³-hybridized carbons (Fsp3) is 0.429. The first-order valence-electron chi connectivity index (χ1n) is 12.9. The van der Waals surface area contributed by atoms with Gasteiger partial charge in [0.15, 0.2) is 5.13 Å². The number of carbonyl (C=O) groups excluding carboxylic acids is 1. The normalized spacial score (nSPS) is 17.6. The van der Waals surface area contributed by atoms with Crippen LogP contribution in [-0.2, 0) is 0 Å². The molecule has 3 heterocycles. The summed E-state index contributed by atoms with van der Waals surface area (Å²) in [6.45, 7) is 12.2. The van der Waals surface area contributed by atoms with Gasteiger partial charge in [-0.2, -0.15) is 0 Å². The Morgan fingerprint density at radius 1 is 0.889 bits per heavy atom. The molecule has 1 aromatic heterocycles. The lowest BCUT2D eigenvalue weighted by Gasteiger charge is -2.37.